The molecule has 1 aliphatic heterocycles. The summed E-state index contributed by atoms with van der Waals surface area (Å²) in [6.07, 6.45) is 2.56. The highest BCUT2D eigenvalue weighted by atomic mass is 16.4. The van der Waals surface area contributed by atoms with Gasteiger partial charge in [-0.3, -0.25) is 19.8 Å². The maximum atomic E-state index is 11.7. The molecule has 2 atom stereocenters. The number of carboxylic acid groups (broad SMARTS) is 1. The van der Waals surface area contributed by atoms with Gasteiger partial charge in [0.15, 0.2) is 0 Å². The Morgan fingerprint density at radius 2 is 2.05 bits per heavy atom. The van der Waals surface area contributed by atoms with E-state index in [4.69, 9.17) is 5.11 Å². The molecular formula is C13H23N3O4. The second-order valence-electron chi connectivity index (χ2n) is 5.18. The van der Waals surface area contributed by atoms with Gasteiger partial charge in [-0.05, 0) is 25.3 Å². The minimum Gasteiger partial charge on any atom is -0.480 e. The molecule has 3 N–H and O–H groups in total. The van der Waals surface area contributed by atoms with Gasteiger partial charge < -0.3 is 10.4 Å². The summed E-state index contributed by atoms with van der Waals surface area (Å²) in [7, 11) is 0. The number of nitrogens with zero attached hydrogens (tertiary/aromatic N) is 1. The Morgan fingerprint density at radius 1 is 1.35 bits per heavy atom. The smallest absolute Gasteiger partial charge is 0.321 e. The lowest BCUT2D eigenvalue weighted by Gasteiger charge is -2.22. The molecule has 0 saturated carbocycles. The Balaban J connectivity index is 2.38. The summed E-state index contributed by atoms with van der Waals surface area (Å²) >= 11 is 0. The first kappa shape index (κ1) is 16.4. The maximum Gasteiger partial charge on any atom is 0.321 e. The van der Waals surface area contributed by atoms with Crippen LogP contribution in [0.15, 0.2) is 0 Å². The summed E-state index contributed by atoms with van der Waals surface area (Å²) in [5.41, 5.74) is 0. The number of carbonyl (C=O) groups excluding carboxylic acids is 2. The summed E-state index contributed by atoms with van der Waals surface area (Å²) in [6, 6.07) is -1.17. The highest BCUT2D eigenvalue weighted by Crippen LogP contribution is 2.23. The van der Waals surface area contributed by atoms with E-state index in [0.717, 1.165) is 19.3 Å². The fourth-order valence-electron chi connectivity index (χ4n) is 2.38. The van der Waals surface area contributed by atoms with Gasteiger partial charge in [-0.2, -0.15) is 0 Å². The number of hydrogen-bond donors (Lipinski definition) is 3. The molecule has 0 bridgehead atoms. The van der Waals surface area contributed by atoms with Crippen molar-refractivity contribution in [3.05, 3.63) is 0 Å². The van der Waals surface area contributed by atoms with Crippen LogP contribution in [0.2, 0.25) is 0 Å². The zero-order valence-electron chi connectivity index (χ0n) is 12.0. The molecule has 0 aliphatic carbocycles. The third-order valence-corrected chi connectivity index (χ3v) is 3.47. The molecule has 7 nitrogen and oxygen atoms in total. The lowest BCUT2D eigenvalue weighted by molar-refractivity contribution is -0.143. The quantitative estimate of drug-likeness (QED) is 0.614. The molecule has 7 heteroatoms. The Labute approximate surface area is 118 Å². The van der Waals surface area contributed by atoms with E-state index in [1.807, 2.05) is 13.8 Å². The zero-order chi connectivity index (χ0) is 15.1. The molecule has 1 fully saturated rings. The van der Waals surface area contributed by atoms with Crippen molar-refractivity contribution in [1.29, 1.82) is 0 Å². The van der Waals surface area contributed by atoms with Crippen molar-refractivity contribution in [2.24, 2.45) is 5.92 Å². The number of imide groups is 1. The van der Waals surface area contributed by atoms with E-state index < -0.39 is 23.9 Å². The van der Waals surface area contributed by atoms with E-state index in [9.17, 15) is 14.4 Å². The number of rotatable bonds is 6. The third kappa shape index (κ3) is 4.80. The molecule has 0 radical (unpaired) electrons. The molecule has 1 heterocycles. The largest absolute Gasteiger partial charge is 0.480 e. The predicted molar refractivity (Wildman–Crippen MR) is 73.2 cm³/mol. The van der Waals surface area contributed by atoms with Crippen molar-refractivity contribution in [3.8, 4) is 0 Å². The molecule has 20 heavy (non-hydrogen) atoms. The lowest BCUT2D eigenvalue weighted by Crippen LogP contribution is -2.48. The van der Waals surface area contributed by atoms with Crippen molar-refractivity contribution in [2.75, 3.05) is 19.6 Å². The van der Waals surface area contributed by atoms with Crippen LogP contribution < -0.4 is 10.6 Å². The monoisotopic (exact) mass is 285 g/mol. The average molecular weight is 285 g/mol. The third-order valence-electron chi connectivity index (χ3n) is 3.47. The van der Waals surface area contributed by atoms with Crippen molar-refractivity contribution < 1.29 is 19.5 Å². The van der Waals surface area contributed by atoms with Crippen molar-refractivity contribution in [1.82, 2.24) is 15.5 Å². The fourth-order valence-corrected chi connectivity index (χ4v) is 2.38. The standard InChI is InChI=1S/C13H23N3O4/c1-3-4-6-14-13(20)15-10(17)8-16-7-5-9(2)11(16)12(18)19/h9,11H,3-8H2,1-2H3,(H,18,19)(H2,14,15,17,20). The molecule has 1 saturated heterocycles. The molecule has 2 unspecified atom stereocenters. The van der Waals surface area contributed by atoms with Crippen LogP contribution in [0.5, 0.6) is 0 Å². The SMILES string of the molecule is CCCCNC(=O)NC(=O)CN1CCC(C)C1C(=O)O. The summed E-state index contributed by atoms with van der Waals surface area (Å²) in [6.45, 7) is 4.87. The highest BCUT2D eigenvalue weighted by molar-refractivity contribution is 5.95. The summed E-state index contributed by atoms with van der Waals surface area (Å²) < 4.78 is 0. The number of urea groups is 1. The lowest BCUT2D eigenvalue weighted by atomic mass is 10.0. The summed E-state index contributed by atoms with van der Waals surface area (Å²) in [4.78, 5) is 35.9. The minimum atomic E-state index is -0.921. The molecule has 1 aliphatic rings. The van der Waals surface area contributed by atoms with Crippen LogP contribution in [0, 0.1) is 5.92 Å². The molecular weight excluding hydrogens is 262 g/mol. The van der Waals surface area contributed by atoms with Crippen LogP contribution >= 0.6 is 0 Å². The van der Waals surface area contributed by atoms with Gasteiger partial charge in [0.05, 0.1) is 6.54 Å². The number of nitrogens with one attached hydrogen (secondary N) is 2. The number of carbonyl (C=O) groups is 3. The van der Waals surface area contributed by atoms with E-state index in [1.54, 1.807) is 4.90 Å². The van der Waals surface area contributed by atoms with Crippen molar-refractivity contribution >= 4 is 17.9 Å². The summed E-state index contributed by atoms with van der Waals surface area (Å²) in [5.74, 6) is -1.38. The van der Waals surface area contributed by atoms with Crippen molar-refractivity contribution in [2.45, 2.75) is 39.2 Å². The Morgan fingerprint density at radius 3 is 2.65 bits per heavy atom. The molecule has 0 spiro atoms. The van der Waals surface area contributed by atoms with Gasteiger partial charge in [0, 0.05) is 6.54 Å². The predicted octanol–water partition coefficient (Wildman–Crippen LogP) is 0.407. The van der Waals surface area contributed by atoms with Crippen LogP contribution in [0.1, 0.15) is 33.1 Å². The number of hydrogen-bond acceptors (Lipinski definition) is 4. The minimum absolute atomic E-state index is 0.0127. The molecule has 114 valence electrons. The molecule has 1 rings (SSSR count). The Kier molecular flexibility index (Phi) is 6.44. The second kappa shape index (κ2) is 7.84. The van der Waals surface area contributed by atoms with Gasteiger partial charge >= 0.3 is 12.0 Å². The number of carboxylic acids is 1. The van der Waals surface area contributed by atoms with E-state index in [1.165, 1.54) is 0 Å². The van der Waals surface area contributed by atoms with Crippen LogP contribution in [-0.4, -0.2) is 53.6 Å². The van der Waals surface area contributed by atoms with E-state index in [-0.39, 0.29) is 12.5 Å². The molecule has 0 aromatic carbocycles. The first-order valence-electron chi connectivity index (χ1n) is 7.00. The second-order valence-corrected chi connectivity index (χ2v) is 5.18. The average Bonchev–Trinajstić information content (AvgIpc) is 2.70. The highest BCUT2D eigenvalue weighted by Gasteiger charge is 2.37. The molecule has 0 aromatic heterocycles. The fraction of sp³-hybridized carbons (Fsp3) is 0.769. The van der Waals surface area contributed by atoms with Gasteiger partial charge in [0.2, 0.25) is 5.91 Å². The van der Waals surface area contributed by atoms with E-state index in [0.29, 0.717) is 13.1 Å². The van der Waals surface area contributed by atoms with Gasteiger partial charge in [-0.25, -0.2) is 4.79 Å². The van der Waals surface area contributed by atoms with E-state index >= 15 is 0 Å². The summed E-state index contributed by atoms with van der Waals surface area (Å²) in [5, 5.41) is 13.9. The zero-order valence-corrected chi connectivity index (χ0v) is 12.0. The first-order valence-corrected chi connectivity index (χ1v) is 7.00. The van der Waals surface area contributed by atoms with Crippen LogP contribution in [0.3, 0.4) is 0 Å². The number of aliphatic carboxylic acids is 1. The Bertz CT molecular complexity index is 373. The van der Waals surface area contributed by atoms with Crippen LogP contribution in [0.25, 0.3) is 0 Å². The van der Waals surface area contributed by atoms with Gasteiger partial charge in [0.25, 0.3) is 0 Å². The van der Waals surface area contributed by atoms with Crippen LogP contribution in [-0.2, 0) is 9.59 Å². The molecule has 3 amide bonds. The number of amides is 3. The number of unbranched alkanes of at least 4 members (excludes halogenated alkanes) is 1. The number of likely N-dealkylation sites (tertiary alicyclic amines) is 1. The Hall–Kier alpha value is -1.63. The topological polar surface area (TPSA) is 98.7 Å². The molecule has 0 aromatic rings. The van der Waals surface area contributed by atoms with Gasteiger partial charge in [-0.15, -0.1) is 0 Å². The van der Waals surface area contributed by atoms with Gasteiger partial charge in [0.1, 0.15) is 6.04 Å². The van der Waals surface area contributed by atoms with Crippen LogP contribution in [0.4, 0.5) is 4.79 Å². The van der Waals surface area contributed by atoms with Gasteiger partial charge in [-0.1, -0.05) is 20.3 Å². The first-order chi connectivity index (χ1) is 9.45. The maximum absolute atomic E-state index is 11.7. The normalized spacial score (nSPS) is 22.5. The van der Waals surface area contributed by atoms with Crippen molar-refractivity contribution in [3.63, 3.8) is 0 Å². The van der Waals surface area contributed by atoms with E-state index in [2.05, 4.69) is 10.6 Å².